The molecule has 2 aromatic rings. The molecule has 1 aliphatic heterocycles. The van der Waals surface area contributed by atoms with Gasteiger partial charge in [-0.1, -0.05) is 24.3 Å². The van der Waals surface area contributed by atoms with Crippen molar-refractivity contribution in [2.75, 3.05) is 13.1 Å². The molecule has 1 unspecified atom stereocenters. The van der Waals surface area contributed by atoms with Crippen molar-refractivity contribution in [3.8, 4) is 0 Å². The Morgan fingerprint density at radius 1 is 1.25 bits per heavy atom. The molecule has 0 aliphatic carbocycles. The second kappa shape index (κ2) is 7.83. The number of aryl methyl sites for hydroxylation is 2. The molecule has 1 aliphatic rings. The lowest BCUT2D eigenvalue weighted by atomic mass is 9.86. The summed E-state index contributed by atoms with van der Waals surface area (Å²) in [6.45, 7) is 4.34. The van der Waals surface area contributed by atoms with E-state index in [4.69, 9.17) is 0 Å². The van der Waals surface area contributed by atoms with Crippen molar-refractivity contribution in [2.24, 2.45) is 0 Å². The minimum absolute atomic E-state index is 0.286. The quantitative estimate of drug-likeness (QED) is 0.814. The first kappa shape index (κ1) is 20.8. The summed E-state index contributed by atoms with van der Waals surface area (Å²) in [4.78, 5) is 17.8. The molecular weight excluding hydrogens is 389 g/mol. The van der Waals surface area contributed by atoms with Crippen molar-refractivity contribution in [3.63, 3.8) is 0 Å². The number of carbonyl (C=O) groups excluding carboxylic acids is 1. The highest BCUT2D eigenvalue weighted by Crippen LogP contribution is 2.43. The maximum atomic E-state index is 13.6. The van der Waals surface area contributed by atoms with Gasteiger partial charge in [-0.15, -0.1) is 11.3 Å². The van der Waals surface area contributed by atoms with E-state index in [1.807, 2.05) is 25.1 Å². The van der Waals surface area contributed by atoms with E-state index in [0.29, 0.717) is 31.6 Å². The molecule has 28 heavy (non-hydrogen) atoms. The molecule has 1 amide bonds. The zero-order valence-electron chi connectivity index (χ0n) is 15.8. The summed E-state index contributed by atoms with van der Waals surface area (Å²) in [5, 5.41) is 11.3. The molecule has 1 aromatic carbocycles. The van der Waals surface area contributed by atoms with Crippen LogP contribution in [0, 0.1) is 13.8 Å². The summed E-state index contributed by atoms with van der Waals surface area (Å²) in [5.74, 6) is -0.413. The van der Waals surface area contributed by atoms with Crippen LogP contribution in [0.1, 0.15) is 47.0 Å². The Morgan fingerprint density at radius 2 is 1.89 bits per heavy atom. The third-order valence-corrected chi connectivity index (χ3v) is 6.44. The van der Waals surface area contributed by atoms with E-state index in [2.05, 4.69) is 11.1 Å². The van der Waals surface area contributed by atoms with Crippen LogP contribution in [0.5, 0.6) is 0 Å². The average Bonchev–Trinajstić information content (AvgIpc) is 3.08. The van der Waals surface area contributed by atoms with Gasteiger partial charge in [0.05, 0.1) is 6.42 Å². The van der Waals surface area contributed by atoms with Crippen LogP contribution in [0.4, 0.5) is 13.2 Å². The number of nitrogens with zero attached hydrogens (tertiary/aromatic N) is 2. The number of hydrogen-bond acceptors (Lipinski definition) is 4. The lowest BCUT2D eigenvalue weighted by Gasteiger charge is -2.35. The summed E-state index contributed by atoms with van der Waals surface area (Å²) in [5.41, 5.74) is -0.470. The van der Waals surface area contributed by atoms with Gasteiger partial charge in [-0.3, -0.25) is 4.79 Å². The molecule has 4 nitrogen and oxygen atoms in total. The van der Waals surface area contributed by atoms with Crippen LogP contribution in [0.15, 0.2) is 29.6 Å². The lowest BCUT2D eigenvalue weighted by molar-refractivity contribution is -0.268. The molecule has 3 rings (SSSR count). The molecule has 0 spiro atoms. The highest BCUT2D eigenvalue weighted by Gasteiger charge is 2.58. The second-order valence-electron chi connectivity index (χ2n) is 7.34. The zero-order chi connectivity index (χ0) is 20.5. The summed E-state index contributed by atoms with van der Waals surface area (Å²) in [6, 6.07) is 8.03. The number of rotatable bonds is 4. The molecule has 152 valence electrons. The Balaban J connectivity index is 1.70. The van der Waals surface area contributed by atoms with Gasteiger partial charge in [-0.05, 0) is 43.7 Å². The number of benzene rings is 1. The summed E-state index contributed by atoms with van der Waals surface area (Å²) in [6.07, 6.45) is -4.64. The number of thiazole rings is 1. The van der Waals surface area contributed by atoms with Crippen molar-refractivity contribution in [1.29, 1.82) is 0 Å². The van der Waals surface area contributed by atoms with Gasteiger partial charge in [0.1, 0.15) is 5.01 Å². The maximum absolute atomic E-state index is 13.6. The van der Waals surface area contributed by atoms with Gasteiger partial charge < -0.3 is 10.0 Å². The Labute approximate surface area is 166 Å². The van der Waals surface area contributed by atoms with E-state index < -0.39 is 29.1 Å². The predicted molar refractivity (Wildman–Crippen MR) is 101 cm³/mol. The molecular formula is C20H23F3N2O2S. The van der Waals surface area contributed by atoms with Crippen LogP contribution >= 0.6 is 11.3 Å². The topological polar surface area (TPSA) is 53.4 Å². The first-order valence-electron chi connectivity index (χ1n) is 9.17. The predicted octanol–water partition coefficient (Wildman–Crippen LogP) is 4.31. The molecule has 1 atom stereocenters. The van der Waals surface area contributed by atoms with E-state index in [1.165, 1.54) is 21.4 Å². The lowest BCUT2D eigenvalue weighted by Crippen LogP contribution is -2.48. The number of aliphatic hydroxyl groups is 1. The van der Waals surface area contributed by atoms with Gasteiger partial charge in [0, 0.05) is 24.2 Å². The van der Waals surface area contributed by atoms with Crippen LogP contribution in [-0.2, 0) is 10.4 Å². The number of hydrogen-bond donors (Lipinski definition) is 1. The average molecular weight is 412 g/mol. The van der Waals surface area contributed by atoms with E-state index in [0.717, 1.165) is 11.3 Å². The monoisotopic (exact) mass is 412 g/mol. The van der Waals surface area contributed by atoms with Crippen LogP contribution in [0.3, 0.4) is 0 Å². The molecule has 1 aromatic heterocycles. The molecule has 2 heterocycles. The van der Waals surface area contributed by atoms with Gasteiger partial charge in [0.25, 0.3) is 0 Å². The zero-order valence-corrected chi connectivity index (χ0v) is 16.6. The van der Waals surface area contributed by atoms with Gasteiger partial charge >= 0.3 is 6.18 Å². The Hall–Kier alpha value is -1.93. The van der Waals surface area contributed by atoms with Crippen molar-refractivity contribution < 1.29 is 23.1 Å². The molecule has 0 radical (unpaired) electrons. The number of alkyl halides is 3. The minimum atomic E-state index is -4.98. The normalized spacial score (nSPS) is 18.1. The second-order valence-corrected chi connectivity index (χ2v) is 8.20. The molecule has 1 N–H and O–H groups in total. The van der Waals surface area contributed by atoms with E-state index in [-0.39, 0.29) is 5.92 Å². The minimum Gasteiger partial charge on any atom is -0.374 e. The first-order valence-corrected chi connectivity index (χ1v) is 10.0. The van der Waals surface area contributed by atoms with Gasteiger partial charge in [0.2, 0.25) is 11.5 Å². The fourth-order valence-corrected chi connectivity index (χ4v) is 4.57. The largest absolute Gasteiger partial charge is 0.424 e. The van der Waals surface area contributed by atoms with E-state index in [1.54, 1.807) is 6.92 Å². The number of carbonyl (C=O) groups is 1. The van der Waals surface area contributed by atoms with Gasteiger partial charge in [0.15, 0.2) is 0 Å². The summed E-state index contributed by atoms with van der Waals surface area (Å²) < 4.78 is 40.8. The van der Waals surface area contributed by atoms with Crippen LogP contribution in [0.25, 0.3) is 0 Å². The Morgan fingerprint density at radius 3 is 2.43 bits per heavy atom. The number of piperidine rings is 1. The number of aromatic nitrogens is 1. The van der Waals surface area contributed by atoms with E-state index >= 15 is 0 Å². The number of halogens is 3. The maximum Gasteiger partial charge on any atom is 0.424 e. The summed E-state index contributed by atoms with van der Waals surface area (Å²) in [7, 11) is 0. The van der Waals surface area contributed by atoms with Crippen molar-refractivity contribution >= 4 is 17.2 Å². The molecule has 0 saturated carbocycles. The van der Waals surface area contributed by atoms with Crippen molar-refractivity contribution in [2.45, 2.75) is 50.8 Å². The van der Waals surface area contributed by atoms with Gasteiger partial charge in [-0.25, -0.2) is 4.98 Å². The Bertz CT molecular complexity index is 844. The fourth-order valence-electron chi connectivity index (χ4n) is 3.66. The van der Waals surface area contributed by atoms with Crippen molar-refractivity contribution in [3.05, 3.63) is 51.5 Å². The number of likely N-dealkylation sites (tertiary alicyclic amines) is 1. The first-order chi connectivity index (χ1) is 13.1. The molecule has 1 saturated heterocycles. The molecule has 1 fully saturated rings. The van der Waals surface area contributed by atoms with Gasteiger partial charge in [-0.2, -0.15) is 13.2 Å². The highest BCUT2D eigenvalue weighted by molar-refractivity contribution is 7.09. The van der Waals surface area contributed by atoms with Crippen molar-refractivity contribution in [1.82, 2.24) is 9.88 Å². The molecule has 0 bridgehead atoms. The Kier molecular flexibility index (Phi) is 5.82. The highest BCUT2D eigenvalue weighted by atomic mass is 32.1. The van der Waals surface area contributed by atoms with Crippen LogP contribution in [0.2, 0.25) is 0 Å². The third-order valence-electron chi connectivity index (χ3n) is 5.32. The van der Waals surface area contributed by atoms with E-state index in [9.17, 15) is 23.1 Å². The molecule has 8 heteroatoms. The summed E-state index contributed by atoms with van der Waals surface area (Å²) >= 11 is 0.719. The smallest absolute Gasteiger partial charge is 0.374 e. The van der Waals surface area contributed by atoms with Crippen LogP contribution < -0.4 is 0 Å². The number of amides is 1. The van der Waals surface area contributed by atoms with Crippen LogP contribution in [-0.4, -0.2) is 40.2 Å². The standard InChI is InChI=1S/C20H23F3N2O2S/c1-13-5-3-4-6-16(13)15-7-9-25(10-8-15)17(26)11-19(27,20(21,22)23)18-24-14(2)12-28-18/h3-6,12,15,27H,7-11H2,1-2H3. The fraction of sp³-hybridized carbons (Fsp3) is 0.500. The third kappa shape index (κ3) is 4.07. The SMILES string of the molecule is Cc1csc(C(O)(CC(=O)N2CCC(c3ccccc3C)CC2)C(F)(F)F)n1.